The van der Waals surface area contributed by atoms with Gasteiger partial charge in [0.05, 0.1) is 17.9 Å². The number of azo groups is 2. The number of H-pyrrole nitrogens is 1. The lowest BCUT2D eigenvalue weighted by molar-refractivity contribution is 0.452. The molecule has 0 aliphatic carbocycles. The number of benzene rings is 1. The van der Waals surface area contributed by atoms with Crippen molar-refractivity contribution in [2.45, 2.75) is 33.1 Å². The van der Waals surface area contributed by atoms with E-state index in [1.54, 1.807) is 30.3 Å². The summed E-state index contributed by atoms with van der Waals surface area (Å²) in [6.45, 7) is 4.38. The third-order valence-corrected chi connectivity index (χ3v) is 3.69. The molecule has 0 unspecified atom stereocenters. The molecule has 1 aromatic carbocycles. The van der Waals surface area contributed by atoms with Crippen LogP contribution in [0.25, 0.3) is 0 Å². The van der Waals surface area contributed by atoms with Crippen LogP contribution in [-0.4, -0.2) is 16.6 Å². The van der Waals surface area contributed by atoms with Gasteiger partial charge in [0.15, 0.2) is 0 Å². The van der Waals surface area contributed by atoms with Gasteiger partial charge in [-0.25, -0.2) is 0 Å². The van der Waals surface area contributed by atoms with Crippen LogP contribution in [0, 0.1) is 18.3 Å². The zero-order chi connectivity index (χ0) is 18.9. The number of aromatic hydroxyl groups is 1. The van der Waals surface area contributed by atoms with Gasteiger partial charge in [-0.15, -0.1) is 5.11 Å². The highest BCUT2D eigenvalue weighted by molar-refractivity contribution is 5.58. The molecule has 0 amide bonds. The molecule has 8 heteroatoms. The van der Waals surface area contributed by atoms with Crippen LogP contribution in [-0.2, 0) is 0 Å². The molecule has 2 rings (SSSR count). The summed E-state index contributed by atoms with van der Waals surface area (Å²) in [6.07, 6.45) is 3.32. The number of pyridine rings is 1. The molecule has 0 aliphatic rings. The number of aromatic nitrogens is 1. The predicted molar refractivity (Wildman–Crippen MR) is 97.7 cm³/mol. The molecule has 26 heavy (non-hydrogen) atoms. The van der Waals surface area contributed by atoms with Crippen molar-refractivity contribution in [3.8, 4) is 11.9 Å². The van der Waals surface area contributed by atoms with E-state index in [4.69, 9.17) is 5.26 Å². The van der Waals surface area contributed by atoms with Crippen LogP contribution < -0.4 is 5.56 Å². The van der Waals surface area contributed by atoms with Crippen molar-refractivity contribution in [3.63, 3.8) is 0 Å². The monoisotopic (exact) mass is 352 g/mol. The molecule has 0 fully saturated rings. The Labute approximate surface area is 151 Å². The molecule has 0 atom stereocenters. The number of nitriles is 1. The highest BCUT2D eigenvalue weighted by atomic mass is 16.3. The third kappa shape index (κ3) is 4.83. The Morgan fingerprint density at radius 3 is 2.38 bits per heavy atom. The van der Waals surface area contributed by atoms with Crippen LogP contribution >= 0.6 is 0 Å². The molecule has 0 aliphatic heterocycles. The number of nitrogens with one attached hydrogen (secondary N) is 1. The minimum atomic E-state index is -0.657. The molecule has 8 nitrogen and oxygen atoms in total. The Morgan fingerprint density at radius 2 is 1.77 bits per heavy atom. The van der Waals surface area contributed by atoms with Gasteiger partial charge in [0.1, 0.15) is 17.3 Å². The number of hydrogen-bond acceptors (Lipinski definition) is 7. The summed E-state index contributed by atoms with van der Waals surface area (Å²) < 4.78 is 0. The Kier molecular flexibility index (Phi) is 6.74. The minimum absolute atomic E-state index is 0.0563. The highest BCUT2D eigenvalue weighted by Crippen LogP contribution is 2.30. The van der Waals surface area contributed by atoms with E-state index < -0.39 is 11.4 Å². The summed E-state index contributed by atoms with van der Waals surface area (Å²) in [6, 6.07) is 8.74. The second kappa shape index (κ2) is 9.22. The van der Waals surface area contributed by atoms with Crippen molar-refractivity contribution >= 4 is 17.1 Å². The van der Waals surface area contributed by atoms with E-state index in [1.807, 2.05) is 0 Å². The number of rotatable bonds is 7. The number of aromatic amines is 1. The van der Waals surface area contributed by atoms with Crippen LogP contribution in [0.2, 0.25) is 0 Å². The molecule has 2 aromatic rings. The van der Waals surface area contributed by atoms with Gasteiger partial charge in [0.2, 0.25) is 5.88 Å². The van der Waals surface area contributed by atoms with Crippen molar-refractivity contribution in [3.05, 3.63) is 45.7 Å². The molecule has 0 saturated carbocycles. The largest absolute Gasteiger partial charge is 0.493 e. The molecule has 1 aromatic heterocycles. The maximum Gasteiger partial charge on any atom is 0.269 e. The van der Waals surface area contributed by atoms with Crippen LogP contribution in [0.1, 0.15) is 37.3 Å². The predicted octanol–water partition coefficient (Wildman–Crippen LogP) is 4.95. The van der Waals surface area contributed by atoms with E-state index in [0.717, 1.165) is 24.9 Å². The van der Waals surface area contributed by atoms with E-state index in [2.05, 4.69) is 32.4 Å². The first kappa shape index (κ1) is 19.0. The standard InChI is InChI=1S/C18H20N6O2/c1-3-4-5-10-20-22-13-6-8-14(9-7-13)23-24-16-12(2)15(11-19)17(25)21-18(16)26/h6-9H,3-5,10H2,1-2H3,(H2,21,25,26)/b22-20+,24-23+. The van der Waals surface area contributed by atoms with E-state index in [1.165, 1.54) is 6.92 Å². The molecule has 0 radical (unpaired) electrons. The quantitative estimate of drug-likeness (QED) is 0.540. The normalized spacial score (nSPS) is 11.3. The maximum absolute atomic E-state index is 11.6. The zero-order valence-electron chi connectivity index (χ0n) is 14.7. The molecule has 1 heterocycles. The molecule has 0 spiro atoms. The van der Waals surface area contributed by atoms with E-state index in [-0.39, 0.29) is 16.8 Å². The van der Waals surface area contributed by atoms with Gasteiger partial charge in [-0.1, -0.05) is 19.8 Å². The van der Waals surface area contributed by atoms with Gasteiger partial charge in [-0.05, 0) is 37.6 Å². The van der Waals surface area contributed by atoms with E-state index in [9.17, 15) is 9.90 Å². The van der Waals surface area contributed by atoms with Gasteiger partial charge in [-0.2, -0.15) is 20.6 Å². The average Bonchev–Trinajstić information content (AvgIpc) is 2.62. The molecular weight excluding hydrogens is 332 g/mol. The van der Waals surface area contributed by atoms with E-state index >= 15 is 0 Å². The lowest BCUT2D eigenvalue weighted by Crippen LogP contribution is -2.11. The van der Waals surface area contributed by atoms with Crippen molar-refractivity contribution in [2.24, 2.45) is 20.5 Å². The first-order chi connectivity index (χ1) is 12.6. The fourth-order valence-corrected chi connectivity index (χ4v) is 2.21. The second-order valence-electron chi connectivity index (χ2n) is 5.65. The second-order valence-corrected chi connectivity index (χ2v) is 5.65. The topological polar surface area (TPSA) is 126 Å². The highest BCUT2D eigenvalue weighted by Gasteiger charge is 2.13. The van der Waals surface area contributed by atoms with Crippen LogP contribution in [0.15, 0.2) is 49.5 Å². The minimum Gasteiger partial charge on any atom is -0.493 e. The summed E-state index contributed by atoms with van der Waals surface area (Å²) >= 11 is 0. The smallest absolute Gasteiger partial charge is 0.269 e. The summed E-state index contributed by atoms with van der Waals surface area (Å²) in [5.74, 6) is -0.423. The summed E-state index contributed by atoms with van der Waals surface area (Å²) in [7, 11) is 0. The lowest BCUT2D eigenvalue weighted by Gasteiger charge is -2.03. The number of hydrogen-bond donors (Lipinski definition) is 2. The molecular formula is C18H20N6O2. The zero-order valence-corrected chi connectivity index (χ0v) is 14.7. The van der Waals surface area contributed by atoms with Gasteiger partial charge in [-0.3, -0.25) is 9.78 Å². The Hall–Kier alpha value is -3.34. The molecule has 2 N–H and O–H groups in total. The van der Waals surface area contributed by atoms with Crippen molar-refractivity contribution in [1.29, 1.82) is 5.26 Å². The van der Waals surface area contributed by atoms with Gasteiger partial charge >= 0.3 is 0 Å². The van der Waals surface area contributed by atoms with Crippen LogP contribution in [0.5, 0.6) is 5.88 Å². The average molecular weight is 352 g/mol. The number of unbranched alkanes of at least 4 members (excludes halogenated alkanes) is 2. The number of nitrogens with zero attached hydrogens (tertiary/aromatic N) is 5. The SMILES string of the molecule is CCCCC/N=N/c1ccc(/N=N/c2c(O)[nH]c(=O)c(C#N)c2C)cc1. The lowest BCUT2D eigenvalue weighted by atomic mass is 10.1. The van der Waals surface area contributed by atoms with Crippen molar-refractivity contribution < 1.29 is 5.11 Å². The third-order valence-electron chi connectivity index (χ3n) is 3.69. The first-order valence-electron chi connectivity index (χ1n) is 8.32. The van der Waals surface area contributed by atoms with Crippen molar-refractivity contribution in [2.75, 3.05) is 6.54 Å². The van der Waals surface area contributed by atoms with Crippen LogP contribution in [0.3, 0.4) is 0 Å². The molecule has 134 valence electrons. The fraction of sp³-hybridized carbons (Fsp3) is 0.333. The van der Waals surface area contributed by atoms with Crippen LogP contribution in [0.4, 0.5) is 17.1 Å². The Morgan fingerprint density at radius 1 is 1.12 bits per heavy atom. The first-order valence-corrected chi connectivity index (χ1v) is 8.32. The Bertz CT molecular complexity index is 907. The van der Waals surface area contributed by atoms with E-state index in [0.29, 0.717) is 12.2 Å². The summed E-state index contributed by atoms with van der Waals surface area (Å²) in [5, 5.41) is 35.1. The summed E-state index contributed by atoms with van der Waals surface area (Å²) in [5.41, 5.74) is 0.829. The molecule has 0 bridgehead atoms. The molecule has 0 saturated heterocycles. The van der Waals surface area contributed by atoms with Crippen molar-refractivity contribution in [1.82, 2.24) is 4.98 Å². The maximum atomic E-state index is 11.6. The van der Waals surface area contributed by atoms with Gasteiger partial charge in [0.25, 0.3) is 5.56 Å². The van der Waals surface area contributed by atoms with Gasteiger partial charge < -0.3 is 5.11 Å². The summed E-state index contributed by atoms with van der Waals surface area (Å²) in [4.78, 5) is 13.7. The van der Waals surface area contributed by atoms with Gasteiger partial charge in [0, 0.05) is 5.56 Å². The fourth-order valence-electron chi connectivity index (χ4n) is 2.21. The Balaban J connectivity index is 2.12.